The first-order valence-corrected chi connectivity index (χ1v) is 6.39. The van der Waals surface area contributed by atoms with E-state index in [0.717, 1.165) is 0 Å². The van der Waals surface area contributed by atoms with Gasteiger partial charge >= 0.3 is 5.97 Å². The number of nitrogens with one attached hydrogen (secondary N) is 2. The summed E-state index contributed by atoms with van der Waals surface area (Å²) in [7, 11) is 0. The van der Waals surface area contributed by atoms with Crippen LogP contribution in [0.2, 0.25) is 0 Å². The van der Waals surface area contributed by atoms with Gasteiger partial charge in [-0.15, -0.1) is 11.6 Å². The van der Waals surface area contributed by atoms with Gasteiger partial charge in [0.1, 0.15) is 17.7 Å². The first-order chi connectivity index (χ1) is 8.92. The molecular weight excluding hydrogens is 270 g/mol. The lowest BCUT2D eigenvalue weighted by atomic mass is 10.0. The van der Waals surface area contributed by atoms with Crippen molar-refractivity contribution in [1.29, 1.82) is 5.26 Å². The highest BCUT2D eigenvalue weighted by Crippen LogP contribution is 2.06. The third-order valence-corrected chi connectivity index (χ3v) is 2.35. The molecule has 0 spiro atoms. The number of carbonyl (C=O) groups excluding carboxylic acids is 1. The summed E-state index contributed by atoms with van der Waals surface area (Å²) >= 11 is 5.44. The average Bonchev–Trinajstić information content (AvgIpc) is 2.33. The number of aliphatic carboxylic acids is 1. The normalized spacial score (nSPS) is 12.7. The first-order valence-electron chi connectivity index (χ1n) is 5.85. The Balaban J connectivity index is 4.65. The summed E-state index contributed by atoms with van der Waals surface area (Å²) in [6.07, 6.45) is 1.53. The van der Waals surface area contributed by atoms with Crippen molar-refractivity contribution < 1.29 is 14.7 Å². The van der Waals surface area contributed by atoms with Gasteiger partial charge in [0.05, 0.1) is 0 Å². The van der Waals surface area contributed by atoms with Crippen LogP contribution in [0.5, 0.6) is 0 Å². The lowest BCUT2D eigenvalue weighted by Crippen LogP contribution is -2.42. The number of nitrogens with zero attached hydrogens (tertiary/aromatic N) is 1. The van der Waals surface area contributed by atoms with E-state index in [-0.39, 0.29) is 11.5 Å². The summed E-state index contributed by atoms with van der Waals surface area (Å²) in [6, 6.07) is 0.706. The van der Waals surface area contributed by atoms with Gasteiger partial charge in [-0.2, -0.15) is 5.26 Å². The lowest BCUT2D eigenvalue weighted by molar-refractivity contribution is -0.141. The molecule has 19 heavy (non-hydrogen) atoms. The van der Waals surface area contributed by atoms with Crippen molar-refractivity contribution in [2.24, 2.45) is 5.92 Å². The second-order valence-corrected chi connectivity index (χ2v) is 4.68. The molecule has 1 unspecified atom stereocenters. The van der Waals surface area contributed by atoms with Crippen LogP contribution in [0.3, 0.4) is 0 Å². The summed E-state index contributed by atoms with van der Waals surface area (Å²) in [5.41, 5.74) is -0.180. The number of amides is 1. The maximum atomic E-state index is 11.7. The third-order valence-electron chi connectivity index (χ3n) is 2.16. The highest BCUT2D eigenvalue weighted by Gasteiger charge is 2.22. The van der Waals surface area contributed by atoms with E-state index in [9.17, 15) is 9.59 Å². The van der Waals surface area contributed by atoms with Crippen LogP contribution in [0.15, 0.2) is 11.8 Å². The molecule has 0 saturated heterocycles. The predicted molar refractivity (Wildman–Crippen MR) is 71.4 cm³/mol. The molecule has 0 radical (unpaired) electrons. The Morgan fingerprint density at radius 3 is 2.53 bits per heavy atom. The van der Waals surface area contributed by atoms with Gasteiger partial charge < -0.3 is 15.7 Å². The number of rotatable bonds is 8. The number of carboxylic acid groups (broad SMARTS) is 1. The molecule has 0 aromatic rings. The SMILES string of the molecule is CC(C)CC(NC(=O)/C(C#N)=C\NCCCl)C(=O)O. The van der Waals surface area contributed by atoms with E-state index in [4.69, 9.17) is 22.0 Å². The monoisotopic (exact) mass is 287 g/mol. The van der Waals surface area contributed by atoms with Gasteiger partial charge in [-0.05, 0) is 12.3 Å². The van der Waals surface area contributed by atoms with Crippen molar-refractivity contribution in [3.05, 3.63) is 11.8 Å². The molecule has 1 atom stereocenters. The molecule has 0 aliphatic rings. The lowest BCUT2D eigenvalue weighted by Gasteiger charge is -2.16. The fourth-order valence-corrected chi connectivity index (χ4v) is 1.42. The fraction of sp³-hybridized carbons (Fsp3) is 0.583. The Kier molecular flexibility index (Phi) is 8.38. The van der Waals surface area contributed by atoms with Gasteiger partial charge in [0.15, 0.2) is 0 Å². The van der Waals surface area contributed by atoms with Crippen LogP contribution in [0.1, 0.15) is 20.3 Å². The zero-order valence-electron chi connectivity index (χ0n) is 10.9. The number of nitriles is 1. The van der Waals surface area contributed by atoms with Gasteiger partial charge in [-0.1, -0.05) is 13.8 Å². The minimum Gasteiger partial charge on any atom is -0.480 e. The van der Waals surface area contributed by atoms with Crippen molar-refractivity contribution >= 4 is 23.5 Å². The minimum absolute atomic E-state index is 0.116. The second kappa shape index (κ2) is 9.22. The summed E-state index contributed by atoms with van der Waals surface area (Å²) in [6.45, 7) is 4.12. The van der Waals surface area contributed by atoms with Crippen LogP contribution in [0.4, 0.5) is 0 Å². The molecule has 0 rings (SSSR count). The van der Waals surface area contributed by atoms with Gasteiger partial charge in [-0.25, -0.2) is 4.79 Å². The van der Waals surface area contributed by atoms with E-state index in [1.165, 1.54) is 6.20 Å². The molecule has 6 nitrogen and oxygen atoms in total. The molecule has 7 heteroatoms. The standard InChI is InChI=1S/C12H18ClN3O3/c1-8(2)5-10(12(18)19)16-11(17)9(6-14)7-15-4-3-13/h7-8,10,15H,3-5H2,1-2H3,(H,16,17)(H,18,19)/b9-7-. The smallest absolute Gasteiger partial charge is 0.326 e. The fourth-order valence-electron chi connectivity index (χ4n) is 1.31. The Morgan fingerprint density at radius 1 is 1.47 bits per heavy atom. The van der Waals surface area contributed by atoms with Crippen molar-refractivity contribution in [1.82, 2.24) is 10.6 Å². The van der Waals surface area contributed by atoms with E-state index in [0.29, 0.717) is 18.8 Å². The zero-order chi connectivity index (χ0) is 14.8. The summed E-state index contributed by atoms with van der Waals surface area (Å²) in [4.78, 5) is 22.7. The quantitative estimate of drug-likeness (QED) is 0.266. The topological polar surface area (TPSA) is 102 Å². The Bertz CT molecular complexity index is 388. The number of hydrogen-bond donors (Lipinski definition) is 3. The van der Waals surface area contributed by atoms with Crippen molar-refractivity contribution in [3.8, 4) is 6.07 Å². The van der Waals surface area contributed by atoms with Gasteiger partial charge in [0, 0.05) is 18.6 Å². The molecule has 1 amide bonds. The van der Waals surface area contributed by atoms with Crippen LogP contribution in [0.25, 0.3) is 0 Å². The Labute approximate surface area is 117 Å². The van der Waals surface area contributed by atoms with Crippen LogP contribution < -0.4 is 10.6 Å². The molecule has 3 N–H and O–H groups in total. The highest BCUT2D eigenvalue weighted by molar-refractivity contribution is 6.18. The van der Waals surface area contributed by atoms with Crippen molar-refractivity contribution in [2.45, 2.75) is 26.3 Å². The zero-order valence-corrected chi connectivity index (χ0v) is 11.7. The van der Waals surface area contributed by atoms with Crippen molar-refractivity contribution in [2.75, 3.05) is 12.4 Å². The third kappa shape index (κ3) is 7.32. The maximum Gasteiger partial charge on any atom is 0.326 e. The molecule has 0 aliphatic heterocycles. The minimum atomic E-state index is -1.12. The predicted octanol–water partition coefficient (Wildman–Crippen LogP) is 0.838. The molecule has 0 aromatic carbocycles. The molecule has 0 aromatic heterocycles. The largest absolute Gasteiger partial charge is 0.480 e. The van der Waals surface area contributed by atoms with E-state index in [2.05, 4.69) is 10.6 Å². The number of carbonyl (C=O) groups is 2. The Hall–Kier alpha value is -1.74. The summed E-state index contributed by atoms with van der Waals surface area (Å²) in [5.74, 6) is -1.38. The van der Waals surface area contributed by atoms with E-state index in [1.807, 2.05) is 13.8 Å². The number of alkyl halides is 1. The van der Waals surface area contributed by atoms with E-state index >= 15 is 0 Å². The van der Waals surface area contributed by atoms with Crippen LogP contribution in [0, 0.1) is 17.2 Å². The van der Waals surface area contributed by atoms with Crippen LogP contribution in [-0.2, 0) is 9.59 Å². The van der Waals surface area contributed by atoms with E-state index in [1.54, 1.807) is 6.07 Å². The molecule has 0 bridgehead atoms. The van der Waals surface area contributed by atoms with Crippen LogP contribution in [-0.4, -0.2) is 35.4 Å². The highest BCUT2D eigenvalue weighted by atomic mass is 35.5. The van der Waals surface area contributed by atoms with Gasteiger partial charge in [0.25, 0.3) is 5.91 Å². The van der Waals surface area contributed by atoms with Crippen LogP contribution >= 0.6 is 11.6 Å². The van der Waals surface area contributed by atoms with Gasteiger partial charge in [-0.3, -0.25) is 4.79 Å². The number of carboxylic acids is 1. The van der Waals surface area contributed by atoms with Gasteiger partial charge in [0.2, 0.25) is 0 Å². The second-order valence-electron chi connectivity index (χ2n) is 4.31. The molecule has 0 saturated carbocycles. The molecule has 0 aliphatic carbocycles. The molecule has 0 heterocycles. The number of hydrogen-bond acceptors (Lipinski definition) is 4. The first kappa shape index (κ1) is 17.3. The van der Waals surface area contributed by atoms with E-state index < -0.39 is 17.9 Å². The maximum absolute atomic E-state index is 11.7. The van der Waals surface area contributed by atoms with Crippen molar-refractivity contribution in [3.63, 3.8) is 0 Å². The average molecular weight is 288 g/mol. The summed E-state index contributed by atoms with van der Waals surface area (Å²) < 4.78 is 0. The molecule has 106 valence electrons. The summed E-state index contributed by atoms with van der Waals surface area (Å²) in [5, 5.41) is 22.8. The number of halogens is 1. The molecular formula is C12H18ClN3O3. The Morgan fingerprint density at radius 2 is 2.11 bits per heavy atom. The molecule has 0 fully saturated rings.